The van der Waals surface area contributed by atoms with E-state index in [0.717, 1.165) is 24.0 Å². The quantitative estimate of drug-likeness (QED) is 0.581. The van der Waals surface area contributed by atoms with E-state index in [1.165, 1.54) is 14.2 Å². The van der Waals surface area contributed by atoms with E-state index in [1.807, 2.05) is 24.3 Å². The van der Waals surface area contributed by atoms with Gasteiger partial charge in [0.1, 0.15) is 6.04 Å². The standard InChI is InChI=1S/C25H30N2O6/c1-15-18(22(30)24(33-3)23(32-2)21(15)29)14-17-9-7-16(8-10-17)11-12-20(28)27-19-6-4-5-13-26-25(19)31/h7-10,19H,4-6,11-14H2,1-3H3,(H,26,31)(H,27,28). The van der Waals surface area contributed by atoms with E-state index in [2.05, 4.69) is 10.6 Å². The molecule has 33 heavy (non-hydrogen) atoms. The van der Waals surface area contributed by atoms with Crippen LogP contribution in [0, 0.1) is 0 Å². The SMILES string of the molecule is COC1=C(OC)C(=O)C(Cc2ccc(CCC(=O)NC3CCCCNC3=O)cc2)=C(C)C1=O. The predicted octanol–water partition coefficient (Wildman–Crippen LogP) is 1.92. The molecule has 1 aromatic rings. The molecule has 2 N–H and O–H groups in total. The highest BCUT2D eigenvalue weighted by atomic mass is 16.5. The van der Waals surface area contributed by atoms with Crippen LogP contribution in [0.5, 0.6) is 0 Å². The number of carbonyl (C=O) groups excluding carboxylic acids is 4. The second kappa shape index (κ2) is 10.9. The Hall–Kier alpha value is -3.42. The largest absolute Gasteiger partial charge is 0.489 e. The van der Waals surface area contributed by atoms with Gasteiger partial charge in [0.2, 0.25) is 34.9 Å². The van der Waals surface area contributed by atoms with Crippen LogP contribution in [0.3, 0.4) is 0 Å². The van der Waals surface area contributed by atoms with Crippen molar-refractivity contribution in [1.29, 1.82) is 0 Å². The molecule has 0 spiro atoms. The molecular weight excluding hydrogens is 424 g/mol. The molecule has 1 atom stereocenters. The summed E-state index contributed by atoms with van der Waals surface area (Å²) in [6.07, 6.45) is 3.60. The number of ketones is 2. The number of nitrogens with one attached hydrogen (secondary N) is 2. The van der Waals surface area contributed by atoms with Gasteiger partial charge >= 0.3 is 0 Å². The van der Waals surface area contributed by atoms with E-state index in [0.29, 0.717) is 30.5 Å². The zero-order valence-electron chi connectivity index (χ0n) is 19.3. The van der Waals surface area contributed by atoms with Crippen LogP contribution >= 0.6 is 0 Å². The van der Waals surface area contributed by atoms with Gasteiger partial charge in [-0.25, -0.2) is 0 Å². The lowest BCUT2D eigenvalue weighted by molar-refractivity contribution is -0.128. The van der Waals surface area contributed by atoms with Gasteiger partial charge in [-0.15, -0.1) is 0 Å². The minimum atomic E-state index is -0.459. The molecule has 2 aliphatic rings. The van der Waals surface area contributed by atoms with Crippen molar-refractivity contribution in [2.75, 3.05) is 20.8 Å². The van der Waals surface area contributed by atoms with E-state index >= 15 is 0 Å². The second-order valence-electron chi connectivity index (χ2n) is 8.23. The van der Waals surface area contributed by atoms with E-state index in [-0.39, 0.29) is 47.7 Å². The summed E-state index contributed by atoms with van der Waals surface area (Å²) in [6, 6.07) is 7.11. The molecule has 0 aromatic heterocycles. The van der Waals surface area contributed by atoms with Gasteiger partial charge < -0.3 is 20.1 Å². The molecule has 1 unspecified atom stereocenters. The first-order chi connectivity index (χ1) is 15.8. The Morgan fingerprint density at radius 1 is 1.00 bits per heavy atom. The average molecular weight is 455 g/mol. The van der Waals surface area contributed by atoms with Crippen LogP contribution in [-0.4, -0.2) is 50.2 Å². The molecule has 1 aliphatic heterocycles. The molecule has 0 saturated carbocycles. The maximum atomic E-state index is 12.8. The maximum Gasteiger partial charge on any atom is 0.242 e. The topological polar surface area (TPSA) is 111 Å². The first-order valence-electron chi connectivity index (χ1n) is 11.1. The van der Waals surface area contributed by atoms with Crippen LogP contribution in [-0.2, 0) is 41.5 Å². The lowest BCUT2D eigenvalue weighted by Gasteiger charge is -2.20. The molecular formula is C25H30N2O6. The zero-order valence-corrected chi connectivity index (χ0v) is 19.3. The lowest BCUT2D eigenvalue weighted by Crippen LogP contribution is -2.45. The molecule has 1 saturated heterocycles. The van der Waals surface area contributed by atoms with Crippen molar-refractivity contribution in [1.82, 2.24) is 10.6 Å². The Bertz CT molecular complexity index is 1010. The number of hydrogen-bond donors (Lipinski definition) is 2. The van der Waals surface area contributed by atoms with Crippen molar-refractivity contribution in [3.63, 3.8) is 0 Å². The monoisotopic (exact) mass is 454 g/mol. The highest BCUT2D eigenvalue weighted by Gasteiger charge is 2.34. The number of aryl methyl sites for hydroxylation is 1. The number of hydrogen-bond acceptors (Lipinski definition) is 6. The van der Waals surface area contributed by atoms with E-state index < -0.39 is 6.04 Å². The zero-order chi connectivity index (χ0) is 24.0. The summed E-state index contributed by atoms with van der Waals surface area (Å²) in [7, 11) is 2.67. The Morgan fingerprint density at radius 2 is 1.64 bits per heavy atom. The number of rotatable bonds is 8. The molecule has 3 rings (SSSR count). The summed E-state index contributed by atoms with van der Waals surface area (Å²) in [6.45, 7) is 2.27. The second-order valence-corrected chi connectivity index (χ2v) is 8.23. The van der Waals surface area contributed by atoms with Crippen LogP contribution in [0.25, 0.3) is 0 Å². The molecule has 8 heteroatoms. The third-order valence-electron chi connectivity index (χ3n) is 6.01. The summed E-state index contributed by atoms with van der Waals surface area (Å²) in [5.41, 5.74) is 2.56. The highest BCUT2D eigenvalue weighted by Crippen LogP contribution is 2.28. The number of methoxy groups -OCH3 is 2. The number of ether oxygens (including phenoxy) is 2. The smallest absolute Gasteiger partial charge is 0.242 e. The third kappa shape index (κ3) is 5.69. The lowest BCUT2D eigenvalue weighted by atomic mass is 9.88. The Balaban J connectivity index is 1.59. The fraction of sp³-hybridized carbons (Fsp3) is 0.440. The van der Waals surface area contributed by atoms with Gasteiger partial charge in [-0.1, -0.05) is 24.3 Å². The first-order valence-corrected chi connectivity index (χ1v) is 11.1. The molecule has 1 aromatic carbocycles. The number of allylic oxidation sites excluding steroid dienone is 2. The van der Waals surface area contributed by atoms with Gasteiger partial charge in [-0.2, -0.15) is 0 Å². The minimum absolute atomic E-state index is 0.0706. The Kier molecular flexibility index (Phi) is 8.03. The van der Waals surface area contributed by atoms with Crippen molar-refractivity contribution in [3.8, 4) is 0 Å². The third-order valence-corrected chi connectivity index (χ3v) is 6.01. The van der Waals surface area contributed by atoms with E-state index in [4.69, 9.17) is 9.47 Å². The van der Waals surface area contributed by atoms with Crippen LogP contribution in [0.15, 0.2) is 46.9 Å². The van der Waals surface area contributed by atoms with Crippen LogP contribution in [0.1, 0.15) is 43.7 Å². The summed E-state index contributed by atoms with van der Waals surface area (Å²) in [5.74, 6) is -1.12. The number of amides is 2. The predicted molar refractivity (Wildman–Crippen MR) is 121 cm³/mol. The molecule has 2 amide bonds. The number of benzene rings is 1. The van der Waals surface area contributed by atoms with Crippen LogP contribution < -0.4 is 10.6 Å². The number of carbonyl (C=O) groups is 4. The van der Waals surface area contributed by atoms with Gasteiger partial charge in [-0.05, 0) is 43.7 Å². The minimum Gasteiger partial charge on any atom is -0.489 e. The van der Waals surface area contributed by atoms with Gasteiger partial charge in [0.25, 0.3) is 0 Å². The van der Waals surface area contributed by atoms with Crippen molar-refractivity contribution in [3.05, 3.63) is 58.1 Å². The Labute approximate surface area is 193 Å². The van der Waals surface area contributed by atoms with Crippen molar-refractivity contribution in [2.45, 2.75) is 51.5 Å². The van der Waals surface area contributed by atoms with Crippen LogP contribution in [0.4, 0.5) is 0 Å². The molecule has 0 bridgehead atoms. The van der Waals surface area contributed by atoms with Gasteiger partial charge in [0.15, 0.2) is 0 Å². The van der Waals surface area contributed by atoms with Gasteiger partial charge in [0, 0.05) is 30.5 Å². The van der Waals surface area contributed by atoms with E-state index in [1.54, 1.807) is 6.92 Å². The van der Waals surface area contributed by atoms with Gasteiger partial charge in [0.05, 0.1) is 14.2 Å². The molecule has 1 aliphatic carbocycles. The van der Waals surface area contributed by atoms with E-state index in [9.17, 15) is 19.2 Å². The summed E-state index contributed by atoms with van der Waals surface area (Å²) in [5, 5.41) is 5.64. The van der Waals surface area contributed by atoms with Crippen molar-refractivity contribution < 1.29 is 28.7 Å². The summed E-state index contributed by atoms with van der Waals surface area (Å²) < 4.78 is 10.2. The molecule has 0 radical (unpaired) electrons. The van der Waals surface area contributed by atoms with Crippen LogP contribution in [0.2, 0.25) is 0 Å². The highest BCUT2D eigenvalue weighted by molar-refractivity contribution is 6.23. The molecule has 8 nitrogen and oxygen atoms in total. The fourth-order valence-electron chi connectivity index (χ4n) is 4.03. The average Bonchev–Trinajstić information content (AvgIpc) is 3.02. The molecule has 1 fully saturated rings. The van der Waals surface area contributed by atoms with Crippen molar-refractivity contribution >= 4 is 23.4 Å². The first kappa shape index (κ1) is 24.2. The fourth-order valence-corrected chi connectivity index (χ4v) is 4.03. The maximum absolute atomic E-state index is 12.8. The van der Waals surface area contributed by atoms with Crippen molar-refractivity contribution in [2.24, 2.45) is 0 Å². The molecule has 1 heterocycles. The summed E-state index contributed by atoms with van der Waals surface area (Å²) in [4.78, 5) is 49.6. The summed E-state index contributed by atoms with van der Waals surface area (Å²) >= 11 is 0. The normalized spacial score (nSPS) is 19.2. The Morgan fingerprint density at radius 3 is 2.30 bits per heavy atom. The van der Waals surface area contributed by atoms with Gasteiger partial charge in [-0.3, -0.25) is 19.2 Å². The molecule has 176 valence electrons. The number of Topliss-reactive ketones (excluding diaryl/α,β-unsaturated/α-hetero) is 2.